The van der Waals surface area contributed by atoms with Crippen molar-refractivity contribution in [2.75, 3.05) is 11.4 Å². The Morgan fingerprint density at radius 1 is 1.24 bits per heavy atom. The summed E-state index contributed by atoms with van der Waals surface area (Å²) in [4.78, 5) is 18.4. The van der Waals surface area contributed by atoms with Gasteiger partial charge >= 0.3 is 0 Å². The van der Waals surface area contributed by atoms with Crippen molar-refractivity contribution in [2.45, 2.75) is 26.3 Å². The van der Waals surface area contributed by atoms with Gasteiger partial charge in [-0.05, 0) is 42.7 Å². The molecule has 3 aromatic rings. The van der Waals surface area contributed by atoms with Crippen LogP contribution in [-0.4, -0.2) is 27.2 Å². The molecule has 0 saturated carbocycles. The summed E-state index contributed by atoms with van der Waals surface area (Å²) < 4.78 is 29.9. The minimum atomic E-state index is -0.651. The van der Waals surface area contributed by atoms with Crippen molar-refractivity contribution in [3.05, 3.63) is 74.8 Å². The Bertz CT molecular complexity index is 1120. The van der Waals surface area contributed by atoms with Gasteiger partial charge < -0.3 is 4.90 Å². The number of carbonyl (C=O) groups excluding carboxylic acids is 1. The normalized spacial score (nSPS) is 13.7. The number of nitrogens with zero attached hydrogens (tertiary/aromatic N) is 4. The quantitative estimate of drug-likeness (QED) is 0.596. The molecule has 0 spiro atoms. The number of pyridine rings is 1. The van der Waals surface area contributed by atoms with E-state index >= 15 is 0 Å². The predicted molar refractivity (Wildman–Crippen MR) is 107 cm³/mol. The monoisotopic (exact) mass is 436 g/mol. The first-order chi connectivity index (χ1) is 13.9. The van der Waals surface area contributed by atoms with Crippen LogP contribution in [0.3, 0.4) is 0 Å². The number of benzene rings is 1. The zero-order chi connectivity index (χ0) is 20.7. The molecule has 29 heavy (non-hydrogen) atoms. The van der Waals surface area contributed by atoms with Gasteiger partial charge in [0.05, 0.1) is 22.9 Å². The van der Waals surface area contributed by atoms with Crippen molar-refractivity contribution >= 4 is 34.8 Å². The fourth-order valence-electron chi connectivity index (χ4n) is 3.37. The zero-order valence-electron chi connectivity index (χ0n) is 15.4. The van der Waals surface area contributed by atoms with Gasteiger partial charge in [0.1, 0.15) is 11.0 Å². The number of amides is 1. The molecule has 0 unspecified atom stereocenters. The summed E-state index contributed by atoms with van der Waals surface area (Å²) in [5.41, 5.74) is 1.77. The first-order valence-electron chi connectivity index (χ1n) is 9.05. The van der Waals surface area contributed by atoms with E-state index in [2.05, 4.69) is 10.1 Å². The fraction of sp³-hybridized carbons (Fsp3) is 0.250. The highest BCUT2D eigenvalue weighted by Crippen LogP contribution is 2.33. The second kappa shape index (κ2) is 7.72. The van der Waals surface area contributed by atoms with Crippen molar-refractivity contribution in [3.63, 3.8) is 0 Å². The molecule has 0 atom stereocenters. The zero-order valence-corrected chi connectivity index (χ0v) is 16.9. The highest BCUT2D eigenvalue weighted by Gasteiger charge is 2.33. The van der Waals surface area contributed by atoms with E-state index < -0.39 is 17.5 Å². The van der Waals surface area contributed by atoms with Gasteiger partial charge in [-0.15, -0.1) is 0 Å². The molecule has 0 saturated heterocycles. The maximum Gasteiger partial charge on any atom is 0.279 e. The lowest BCUT2D eigenvalue weighted by Gasteiger charge is -2.27. The molecular weight excluding hydrogens is 421 g/mol. The third-order valence-electron chi connectivity index (χ3n) is 4.92. The number of aryl methyl sites for hydroxylation is 1. The summed E-state index contributed by atoms with van der Waals surface area (Å²) in [5, 5.41) is 4.48. The van der Waals surface area contributed by atoms with Crippen LogP contribution in [0.5, 0.6) is 0 Å². The molecule has 1 aliphatic rings. The lowest BCUT2D eigenvalue weighted by Crippen LogP contribution is -2.38. The Labute approximate surface area is 175 Å². The number of anilines is 1. The highest BCUT2D eigenvalue weighted by molar-refractivity contribution is 6.32. The van der Waals surface area contributed by atoms with E-state index in [0.717, 1.165) is 5.56 Å². The van der Waals surface area contributed by atoms with Crippen LogP contribution in [0.4, 0.5) is 14.5 Å². The predicted octanol–water partition coefficient (Wildman–Crippen LogP) is 4.68. The maximum atomic E-state index is 14.6. The molecule has 9 heteroatoms. The maximum absolute atomic E-state index is 14.6. The highest BCUT2D eigenvalue weighted by atomic mass is 35.5. The number of hydrogen-bond acceptors (Lipinski definition) is 3. The molecule has 2 aromatic heterocycles. The summed E-state index contributed by atoms with van der Waals surface area (Å²) in [6.07, 6.45) is 2.50. The average molecular weight is 437 g/mol. The van der Waals surface area contributed by atoms with E-state index in [1.807, 2.05) is 6.92 Å². The van der Waals surface area contributed by atoms with Crippen LogP contribution < -0.4 is 4.90 Å². The van der Waals surface area contributed by atoms with Crippen LogP contribution in [-0.2, 0) is 19.4 Å². The molecule has 0 radical (unpaired) electrons. The van der Waals surface area contributed by atoms with Crippen LogP contribution in [0.25, 0.3) is 0 Å². The molecule has 0 fully saturated rings. The Morgan fingerprint density at radius 3 is 2.76 bits per heavy atom. The smallest absolute Gasteiger partial charge is 0.279 e. The van der Waals surface area contributed by atoms with Gasteiger partial charge in [-0.3, -0.25) is 9.78 Å². The Balaban J connectivity index is 1.70. The summed E-state index contributed by atoms with van der Waals surface area (Å²) in [5.74, 6) is -1.61. The molecule has 1 amide bonds. The van der Waals surface area contributed by atoms with E-state index in [-0.39, 0.29) is 40.3 Å². The molecule has 1 aromatic carbocycles. The van der Waals surface area contributed by atoms with Crippen LogP contribution in [0, 0.1) is 11.6 Å². The number of halogens is 4. The molecule has 0 bridgehead atoms. The van der Waals surface area contributed by atoms with Gasteiger partial charge in [0, 0.05) is 18.3 Å². The van der Waals surface area contributed by atoms with Gasteiger partial charge in [-0.2, -0.15) is 5.10 Å². The summed E-state index contributed by atoms with van der Waals surface area (Å²) in [7, 11) is 0. The summed E-state index contributed by atoms with van der Waals surface area (Å²) in [6, 6.07) is 5.94. The van der Waals surface area contributed by atoms with Gasteiger partial charge in [0.15, 0.2) is 11.5 Å². The topological polar surface area (TPSA) is 51.0 Å². The van der Waals surface area contributed by atoms with Crippen molar-refractivity contribution in [3.8, 4) is 0 Å². The van der Waals surface area contributed by atoms with Crippen LogP contribution in [0.1, 0.15) is 34.2 Å². The molecular formula is C20H16Cl2F2N4O. The van der Waals surface area contributed by atoms with Crippen molar-refractivity contribution in [2.24, 2.45) is 0 Å². The van der Waals surface area contributed by atoms with Gasteiger partial charge in [0.25, 0.3) is 5.91 Å². The second-order valence-corrected chi connectivity index (χ2v) is 7.44. The van der Waals surface area contributed by atoms with Crippen molar-refractivity contribution in [1.82, 2.24) is 14.8 Å². The standard InChI is InChI=1S/C20H16Cl2F2N4O/c1-2-11-8-13(21)17(24)16(9-11)27-7-5-12-18(20(27)29)26-28(19(12)22)10-15-14(23)4-3-6-25-15/h3-4,6,8-9H,2,5,7,10H2,1H3. The Kier molecular flexibility index (Phi) is 5.27. The van der Waals surface area contributed by atoms with Crippen molar-refractivity contribution < 1.29 is 13.6 Å². The van der Waals surface area contributed by atoms with Gasteiger partial charge in [-0.1, -0.05) is 30.1 Å². The van der Waals surface area contributed by atoms with Crippen LogP contribution in [0.2, 0.25) is 10.2 Å². The molecule has 0 N–H and O–H groups in total. The molecule has 4 rings (SSSR count). The lowest BCUT2D eigenvalue weighted by molar-refractivity contribution is 0.0974. The van der Waals surface area contributed by atoms with E-state index in [0.29, 0.717) is 18.4 Å². The largest absolute Gasteiger partial charge is 0.304 e. The van der Waals surface area contributed by atoms with E-state index in [9.17, 15) is 13.6 Å². The minimum Gasteiger partial charge on any atom is -0.304 e. The molecule has 150 valence electrons. The van der Waals surface area contributed by atoms with E-state index in [4.69, 9.17) is 23.2 Å². The van der Waals surface area contributed by atoms with Crippen LogP contribution in [0.15, 0.2) is 30.5 Å². The van der Waals surface area contributed by atoms with Crippen LogP contribution >= 0.6 is 23.2 Å². The fourth-order valence-corrected chi connectivity index (χ4v) is 3.88. The minimum absolute atomic E-state index is 0.0166. The number of rotatable bonds is 4. The van der Waals surface area contributed by atoms with E-state index in [1.54, 1.807) is 12.1 Å². The second-order valence-electron chi connectivity index (χ2n) is 6.68. The molecule has 1 aliphatic heterocycles. The first kappa shape index (κ1) is 19.8. The number of carbonyl (C=O) groups is 1. The molecule has 5 nitrogen and oxygen atoms in total. The third kappa shape index (κ3) is 3.49. The van der Waals surface area contributed by atoms with E-state index in [1.165, 1.54) is 27.9 Å². The summed E-state index contributed by atoms with van der Waals surface area (Å²) in [6.45, 7) is 2.13. The number of aromatic nitrogens is 3. The molecule has 0 aliphatic carbocycles. The Hall–Kier alpha value is -2.51. The third-order valence-corrected chi connectivity index (χ3v) is 5.62. The van der Waals surface area contributed by atoms with Crippen molar-refractivity contribution in [1.29, 1.82) is 0 Å². The molecule has 3 heterocycles. The summed E-state index contributed by atoms with van der Waals surface area (Å²) >= 11 is 12.4. The lowest BCUT2D eigenvalue weighted by atomic mass is 10.0. The Morgan fingerprint density at radius 2 is 2.03 bits per heavy atom. The van der Waals surface area contributed by atoms with Gasteiger partial charge in [-0.25, -0.2) is 13.5 Å². The number of fused-ring (bicyclic) bond motifs is 1. The number of hydrogen-bond donors (Lipinski definition) is 0. The average Bonchev–Trinajstić information content (AvgIpc) is 3.03. The first-order valence-corrected chi connectivity index (χ1v) is 9.80. The van der Waals surface area contributed by atoms with Gasteiger partial charge in [0.2, 0.25) is 0 Å². The SMILES string of the molecule is CCc1cc(Cl)c(F)c(N2CCc3c(nn(Cc4ncccc4F)c3Cl)C2=O)c1.